The normalized spacial score (nSPS) is 10.8. The Morgan fingerprint density at radius 3 is 2.42 bits per heavy atom. The first kappa shape index (κ1) is 9.39. The molecule has 66 valence electrons. The molecule has 12 heavy (non-hydrogen) atoms. The predicted octanol–water partition coefficient (Wildman–Crippen LogP) is 3.73. The molecule has 4 heteroatoms. The molecule has 0 aromatic heterocycles. The maximum atomic E-state index is 12.7. The summed E-state index contributed by atoms with van der Waals surface area (Å²) in [6, 6.07) is 1.96. The molecule has 1 rings (SSSR count). The Hall–Kier alpha value is -0.700. The van der Waals surface area contributed by atoms with Crippen molar-refractivity contribution in [2.45, 2.75) is 13.3 Å². The summed E-state index contributed by atoms with van der Waals surface area (Å²) in [5.41, 5.74) is -0.00620. The van der Waals surface area contributed by atoms with Crippen molar-refractivity contribution in [3.05, 3.63) is 34.1 Å². The maximum absolute atomic E-state index is 12.7. The van der Waals surface area contributed by atoms with E-state index in [1.807, 2.05) is 0 Å². The van der Waals surface area contributed by atoms with Gasteiger partial charge in [-0.15, -0.1) is 0 Å². The first-order valence-electron chi connectivity index (χ1n) is 3.26. The zero-order chi connectivity index (χ0) is 9.30. The van der Waals surface area contributed by atoms with E-state index in [-0.39, 0.29) is 10.6 Å². The Labute approximate surface area is 73.0 Å². The first-order chi connectivity index (χ1) is 5.52. The highest BCUT2D eigenvalue weighted by Crippen LogP contribution is 2.27. The van der Waals surface area contributed by atoms with Crippen LogP contribution < -0.4 is 0 Å². The van der Waals surface area contributed by atoms with Gasteiger partial charge < -0.3 is 0 Å². The average Bonchev–Trinajstić information content (AvgIpc) is 1.96. The van der Waals surface area contributed by atoms with Gasteiger partial charge in [0.05, 0.1) is 5.02 Å². The molecular formula is C8H6ClF3. The van der Waals surface area contributed by atoms with E-state index in [0.717, 1.165) is 6.07 Å². The summed E-state index contributed by atoms with van der Waals surface area (Å²) in [7, 11) is 0. The molecule has 0 aliphatic carbocycles. The molecule has 0 saturated carbocycles. The SMILES string of the molecule is Cc1cc(Cl)c(F)cc1C(F)F. The van der Waals surface area contributed by atoms with Gasteiger partial charge in [0.15, 0.2) is 0 Å². The van der Waals surface area contributed by atoms with Crippen LogP contribution in [0.4, 0.5) is 13.2 Å². The predicted molar refractivity (Wildman–Crippen MR) is 41.1 cm³/mol. The van der Waals surface area contributed by atoms with Crippen molar-refractivity contribution in [2.24, 2.45) is 0 Å². The van der Waals surface area contributed by atoms with E-state index in [2.05, 4.69) is 0 Å². The molecule has 0 fully saturated rings. The molecule has 0 heterocycles. The zero-order valence-electron chi connectivity index (χ0n) is 6.24. The lowest BCUT2D eigenvalue weighted by atomic mass is 10.1. The van der Waals surface area contributed by atoms with Crippen LogP contribution in [0.25, 0.3) is 0 Å². The Balaban J connectivity index is 3.23. The minimum atomic E-state index is -2.66. The highest BCUT2D eigenvalue weighted by atomic mass is 35.5. The molecule has 0 aliphatic rings. The summed E-state index contributed by atoms with van der Waals surface area (Å²) in [5.74, 6) is -0.808. The van der Waals surface area contributed by atoms with E-state index >= 15 is 0 Å². The van der Waals surface area contributed by atoms with E-state index in [0.29, 0.717) is 5.56 Å². The van der Waals surface area contributed by atoms with Gasteiger partial charge in [-0.1, -0.05) is 11.6 Å². The molecule has 0 bridgehead atoms. The van der Waals surface area contributed by atoms with Crippen molar-refractivity contribution >= 4 is 11.6 Å². The van der Waals surface area contributed by atoms with Crippen LogP contribution >= 0.6 is 11.6 Å². The summed E-state index contributed by atoms with van der Waals surface area (Å²) >= 11 is 5.37. The number of benzene rings is 1. The van der Waals surface area contributed by atoms with Crippen molar-refractivity contribution in [3.8, 4) is 0 Å². The summed E-state index contributed by atoms with van der Waals surface area (Å²) in [5, 5.41) is -0.128. The summed E-state index contributed by atoms with van der Waals surface area (Å²) in [4.78, 5) is 0. The Kier molecular flexibility index (Phi) is 2.62. The van der Waals surface area contributed by atoms with Gasteiger partial charge in [0.1, 0.15) is 5.82 Å². The fraction of sp³-hybridized carbons (Fsp3) is 0.250. The second kappa shape index (κ2) is 3.35. The van der Waals surface area contributed by atoms with Gasteiger partial charge in [-0.05, 0) is 24.6 Å². The Morgan fingerprint density at radius 2 is 1.92 bits per heavy atom. The van der Waals surface area contributed by atoms with E-state index in [1.54, 1.807) is 0 Å². The van der Waals surface area contributed by atoms with Gasteiger partial charge in [0, 0.05) is 5.56 Å². The number of rotatable bonds is 1. The average molecular weight is 195 g/mol. The molecule has 0 unspecified atom stereocenters. The number of hydrogen-bond donors (Lipinski definition) is 0. The minimum absolute atomic E-state index is 0.128. The van der Waals surface area contributed by atoms with Gasteiger partial charge in [0.25, 0.3) is 6.43 Å². The lowest BCUT2D eigenvalue weighted by Gasteiger charge is -2.05. The standard InChI is InChI=1S/C8H6ClF3/c1-4-2-6(9)7(10)3-5(4)8(11)12/h2-3,8H,1H3. The zero-order valence-corrected chi connectivity index (χ0v) is 7.00. The van der Waals surface area contributed by atoms with Crippen LogP contribution in [0.5, 0.6) is 0 Å². The Bertz CT molecular complexity index is 297. The third-order valence-corrected chi connectivity index (χ3v) is 1.83. The van der Waals surface area contributed by atoms with E-state index in [9.17, 15) is 13.2 Å². The largest absolute Gasteiger partial charge is 0.264 e. The van der Waals surface area contributed by atoms with E-state index in [1.165, 1.54) is 13.0 Å². The van der Waals surface area contributed by atoms with Crippen molar-refractivity contribution in [1.29, 1.82) is 0 Å². The van der Waals surface area contributed by atoms with Crippen molar-refractivity contribution in [3.63, 3.8) is 0 Å². The lowest BCUT2D eigenvalue weighted by molar-refractivity contribution is 0.150. The van der Waals surface area contributed by atoms with Crippen LogP contribution in [0.3, 0.4) is 0 Å². The molecule has 0 radical (unpaired) electrons. The third kappa shape index (κ3) is 1.72. The van der Waals surface area contributed by atoms with Crippen LogP contribution in [-0.2, 0) is 0 Å². The first-order valence-corrected chi connectivity index (χ1v) is 3.64. The minimum Gasteiger partial charge on any atom is -0.205 e. The molecule has 0 saturated heterocycles. The smallest absolute Gasteiger partial charge is 0.205 e. The van der Waals surface area contributed by atoms with Crippen molar-refractivity contribution < 1.29 is 13.2 Å². The molecule has 0 amide bonds. The van der Waals surface area contributed by atoms with Gasteiger partial charge in [-0.25, -0.2) is 13.2 Å². The molecule has 1 aromatic rings. The number of hydrogen-bond acceptors (Lipinski definition) is 0. The van der Waals surface area contributed by atoms with Crippen LogP contribution in [0.15, 0.2) is 12.1 Å². The fourth-order valence-corrected chi connectivity index (χ4v) is 1.11. The van der Waals surface area contributed by atoms with Crippen molar-refractivity contribution in [1.82, 2.24) is 0 Å². The highest BCUT2D eigenvalue weighted by Gasteiger charge is 2.13. The lowest BCUT2D eigenvalue weighted by Crippen LogP contribution is -1.91. The molecular weight excluding hydrogens is 189 g/mol. The van der Waals surface area contributed by atoms with Crippen LogP contribution in [0.2, 0.25) is 5.02 Å². The van der Waals surface area contributed by atoms with Gasteiger partial charge in [0.2, 0.25) is 0 Å². The fourth-order valence-electron chi connectivity index (χ4n) is 0.897. The number of aryl methyl sites for hydroxylation is 1. The van der Waals surface area contributed by atoms with E-state index < -0.39 is 12.2 Å². The van der Waals surface area contributed by atoms with Crippen LogP contribution in [0, 0.1) is 12.7 Å². The highest BCUT2D eigenvalue weighted by molar-refractivity contribution is 6.30. The molecule has 0 nitrogen and oxygen atoms in total. The third-order valence-electron chi connectivity index (χ3n) is 1.54. The molecule has 0 spiro atoms. The molecule has 0 aliphatic heterocycles. The van der Waals surface area contributed by atoms with Crippen molar-refractivity contribution in [2.75, 3.05) is 0 Å². The summed E-state index contributed by atoms with van der Waals surface area (Å²) in [6.45, 7) is 1.47. The van der Waals surface area contributed by atoms with Gasteiger partial charge in [-0.2, -0.15) is 0 Å². The number of alkyl halides is 2. The summed E-state index contributed by atoms with van der Waals surface area (Å²) in [6.07, 6.45) is -2.66. The van der Waals surface area contributed by atoms with E-state index in [4.69, 9.17) is 11.6 Å². The van der Waals surface area contributed by atoms with Crippen LogP contribution in [-0.4, -0.2) is 0 Å². The monoisotopic (exact) mass is 194 g/mol. The maximum Gasteiger partial charge on any atom is 0.264 e. The molecule has 1 aromatic carbocycles. The topological polar surface area (TPSA) is 0 Å². The van der Waals surface area contributed by atoms with Gasteiger partial charge in [-0.3, -0.25) is 0 Å². The molecule has 0 atom stereocenters. The second-order valence-electron chi connectivity index (χ2n) is 2.42. The quantitative estimate of drug-likeness (QED) is 0.639. The Morgan fingerprint density at radius 1 is 1.33 bits per heavy atom. The summed E-state index contributed by atoms with van der Waals surface area (Å²) < 4.78 is 36.9. The number of halogens is 4. The van der Waals surface area contributed by atoms with Crippen LogP contribution in [0.1, 0.15) is 17.6 Å². The van der Waals surface area contributed by atoms with Gasteiger partial charge >= 0.3 is 0 Å². The molecule has 0 N–H and O–H groups in total. The second-order valence-corrected chi connectivity index (χ2v) is 2.83.